The van der Waals surface area contributed by atoms with Gasteiger partial charge in [-0.3, -0.25) is 14.9 Å². The number of methoxy groups -OCH3 is 1. The van der Waals surface area contributed by atoms with E-state index in [0.29, 0.717) is 33.3 Å². The zero-order valence-corrected chi connectivity index (χ0v) is 16.2. The number of carbonyl (C=O) groups excluding carboxylic acids is 1. The van der Waals surface area contributed by atoms with Crippen molar-refractivity contribution in [1.29, 1.82) is 0 Å². The van der Waals surface area contributed by atoms with Gasteiger partial charge in [-0.05, 0) is 48.5 Å². The summed E-state index contributed by atoms with van der Waals surface area (Å²) in [7, 11) is 1.53. The molecule has 0 heterocycles. The summed E-state index contributed by atoms with van der Waals surface area (Å²) in [4.78, 5) is 23.0. The van der Waals surface area contributed by atoms with Gasteiger partial charge in [0.1, 0.15) is 18.1 Å². The SMILES string of the molecule is COc1ccc(C(=O)Nc2cccc([N+](=O)[O-])c2)cc1COc1ccc(Cl)cc1. The molecular formula is C21H17ClN2O5. The summed E-state index contributed by atoms with van der Waals surface area (Å²) in [6, 6.07) is 17.6. The molecule has 8 heteroatoms. The van der Waals surface area contributed by atoms with E-state index in [1.807, 2.05) is 0 Å². The van der Waals surface area contributed by atoms with E-state index in [1.165, 1.54) is 25.3 Å². The number of carbonyl (C=O) groups is 1. The molecule has 3 aromatic rings. The molecule has 1 N–H and O–H groups in total. The molecule has 0 saturated heterocycles. The van der Waals surface area contributed by atoms with Crippen LogP contribution in [0.15, 0.2) is 66.7 Å². The third-order valence-electron chi connectivity index (χ3n) is 4.07. The molecule has 0 aliphatic rings. The standard InChI is InChI=1S/C21H17ClN2O5/c1-28-20-10-5-14(11-15(20)13-29-19-8-6-16(22)7-9-19)21(25)23-17-3-2-4-18(12-17)24(26)27/h2-12H,13H2,1H3,(H,23,25). The molecule has 29 heavy (non-hydrogen) atoms. The van der Waals surface area contributed by atoms with E-state index in [4.69, 9.17) is 21.1 Å². The van der Waals surface area contributed by atoms with E-state index < -0.39 is 10.8 Å². The Morgan fingerprint density at radius 3 is 2.55 bits per heavy atom. The maximum Gasteiger partial charge on any atom is 0.271 e. The van der Waals surface area contributed by atoms with Crippen LogP contribution in [0.3, 0.4) is 0 Å². The number of nitro benzene ring substituents is 1. The molecule has 0 aliphatic heterocycles. The molecule has 0 aliphatic carbocycles. The first-order valence-electron chi connectivity index (χ1n) is 8.57. The summed E-state index contributed by atoms with van der Waals surface area (Å²) in [5.74, 6) is 0.801. The number of nitrogens with one attached hydrogen (secondary N) is 1. The fraction of sp³-hybridized carbons (Fsp3) is 0.0952. The van der Waals surface area contributed by atoms with Gasteiger partial charge in [0.05, 0.1) is 12.0 Å². The molecule has 0 aromatic heterocycles. The van der Waals surface area contributed by atoms with Crippen LogP contribution in [0.25, 0.3) is 0 Å². The molecule has 0 bridgehead atoms. The number of hydrogen-bond donors (Lipinski definition) is 1. The Hall–Kier alpha value is -3.58. The monoisotopic (exact) mass is 412 g/mol. The van der Waals surface area contributed by atoms with Crippen LogP contribution in [-0.4, -0.2) is 17.9 Å². The Balaban J connectivity index is 1.76. The van der Waals surface area contributed by atoms with Gasteiger partial charge in [0.15, 0.2) is 0 Å². The van der Waals surface area contributed by atoms with Crippen LogP contribution in [0.2, 0.25) is 5.02 Å². The smallest absolute Gasteiger partial charge is 0.271 e. The molecule has 0 radical (unpaired) electrons. The fourth-order valence-corrected chi connectivity index (χ4v) is 2.75. The van der Waals surface area contributed by atoms with Crippen molar-refractivity contribution < 1.29 is 19.2 Å². The van der Waals surface area contributed by atoms with Crippen LogP contribution >= 0.6 is 11.6 Å². The highest BCUT2D eigenvalue weighted by Crippen LogP contribution is 2.24. The van der Waals surface area contributed by atoms with Gasteiger partial charge in [0.2, 0.25) is 0 Å². The number of amides is 1. The van der Waals surface area contributed by atoms with Gasteiger partial charge in [0, 0.05) is 34.0 Å². The molecule has 3 rings (SSSR count). The minimum atomic E-state index is -0.519. The molecule has 0 spiro atoms. The summed E-state index contributed by atoms with van der Waals surface area (Å²) in [5.41, 5.74) is 1.27. The lowest BCUT2D eigenvalue weighted by atomic mass is 10.1. The first-order valence-corrected chi connectivity index (χ1v) is 8.95. The van der Waals surface area contributed by atoms with Gasteiger partial charge in [0.25, 0.3) is 11.6 Å². The van der Waals surface area contributed by atoms with Crippen molar-refractivity contribution in [2.45, 2.75) is 6.61 Å². The number of anilines is 1. The Morgan fingerprint density at radius 2 is 1.86 bits per heavy atom. The molecule has 148 valence electrons. The minimum absolute atomic E-state index is 0.102. The van der Waals surface area contributed by atoms with E-state index in [0.717, 1.165) is 0 Å². The fourth-order valence-electron chi connectivity index (χ4n) is 2.63. The van der Waals surface area contributed by atoms with Crippen molar-refractivity contribution in [1.82, 2.24) is 0 Å². The van der Waals surface area contributed by atoms with Crippen LogP contribution in [0.4, 0.5) is 11.4 Å². The van der Waals surface area contributed by atoms with E-state index in [2.05, 4.69) is 5.32 Å². The Bertz CT molecular complexity index is 1040. The number of nitro groups is 1. The second-order valence-electron chi connectivity index (χ2n) is 6.03. The van der Waals surface area contributed by atoms with Crippen LogP contribution < -0.4 is 14.8 Å². The maximum absolute atomic E-state index is 12.6. The van der Waals surface area contributed by atoms with Gasteiger partial charge >= 0.3 is 0 Å². The third kappa shape index (κ3) is 5.24. The second kappa shape index (κ2) is 9.07. The predicted molar refractivity (Wildman–Crippen MR) is 110 cm³/mol. The number of nitrogens with zero attached hydrogens (tertiary/aromatic N) is 1. The number of hydrogen-bond acceptors (Lipinski definition) is 5. The molecule has 1 amide bonds. The van der Waals surface area contributed by atoms with Crippen LogP contribution in [0.1, 0.15) is 15.9 Å². The zero-order chi connectivity index (χ0) is 20.8. The molecule has 0 unspecified atom stereocenters. The first-order chi connectivity index (χ1) is 14.0. The average Bonchev–Trinajstić information content (AvgIpc) is 2.73. The van der Waals surface area contributed by atoms with Gasteiger partial charge in [-0.1, -0.05) is 17.7 Å². The summed E-state index contributed by atoms with van der Waals surface area (Å²) in [6.07, 6.45) is 0. The summed E-state index contributed by atoms with van der Waals surface area (Å²) in [5, 5.41) is 14.2. The van der Waals surface area contributed by atoms with Gasteiger partial charge in [-0.2, -0.15) is 0 Å². The van der Waals surface area contributed by atoms with Gasteiger partial charge in [-0.15, -0.1) is 0 Å². The topological polar surface area (TPSA) is 90.7 Å². The summed E-state index contributed by atoms with van der Waals surface area (Å²) >= 11 is 5.87. The third-order valence-corrected chi connectivity index (χ3v) is 4.32. The average molecular weight is 413 g/mol. The number of benzene rings is 3. The number of rotatable bonds is 7. The summed E-state index contributed by atoms with van der Waals surface area (Å²) < 4.78 is 11.1. The highest BCUT2D eigenvalue weighted by Gasteiger charge is 2.13. The van der Waals surface area contributed by atoms with Crippen LogP contribution in [0, 0.1) is 10.1 Å². The Kier molecular flexibility index (Phi) is 6.31. The summed E-state index contributed by atoms with van der Waals surface area (Å²) in [6.45, 7) is 0.183. The van der Waals surface area contributed by atoms with Crippen molar-refractivity contribution in [3.8, 4) is 11.5 Å². The Labute approximate surface area is 172 Å². The number of ether oxygens (including phenoxy) is 2. The van der Waals surface area contributed by atoms with Crippen molar-refractivity contribution in [2.75, 3.05) is 12.4 Å². The minimum Gasteiger partial charge on any atom is -0.496 e. The zero-order valence-electron chi connectivity index (χ0n) is 15.4. The number of halogens is 1. The van der Waals surface area contributed by atoms with E-state index in [9.17, 15) is 14.9 Å². The van der Waals surface area contributed by atoms with Crippen molar-refractivity contribution in [3.05, 3.63) is 93.0 Å². The molecule has 0 atom stereocenters. The largest absolute Gasteiger partial charge is 0.496 e. The molecular weight excluding hydrogens is 396 g/mol. The lowest BCUT2D eigenvalue weighted by Crippen LogP contribution is -2.13. The molecule has 7 nitrogen and oxygen atoms in total. The molecule has 0 fully saturated rings. The lowest BCUT2D eigenvalue weighted by molar-refractivity contribution is -0.384. The first kappa shape index (κ1) is 20.2. The normalized spacial score (nSPS) is 10.3. The highest BCUT2D eigenvalue weighted by molar-refractivity contribution is 6.30. The van der Waals surface area contributed by atoms with Crippen molar-refractivity contribution in [2.24, 2.45) is 0 Å². The van der Waals surface area contributed by atoms with Crippen LogP contribution in [0.5, 0.6) is 11.5 Å². The number of non-ortho nitro benzene ring substituents is 1. The van der Waals surface area contributed by atoms with E-state index in [-0.39, 0.29) is 12.3 Å². The van der Waals surface area contributed by atoms with Gasteiger partial charge in [-0.25, -0.2) is 0 Å². The maximum atomic E-state index is 12.6. The molecule has 0 saturated carbocycles. The van der Waals surface area contributed by atoms with Gasteiger partial charge < -0.3 is 14.8 Å². The van der Waals surface area contributed by atoms with Crippen molar-refractivity contribution in [3.63, 3.8) is 0 Å². The lowest BCUT2D eigenvalue weighted by Gasteiger charge is -2.12. The second-order valence-corrected chi connectivity index (χ2v) is 6.47. The molecule has 3 aromatic carbocycles. The van der Waals surface area contributed by atoms with E-state index in [1.54, 1.807) is 48.5 Å². The predicted octanol–water partition coefficient (Wildman–Crippen LogP) is 5.09. The van der Waals surface area contributed by atoms with E-state index >= 15 is 0 Å². The quantitative estimate of drug-likeness (QED) is 0.431. The Morgan fingerprint density at radius 1 is 1.10 bits per heavy atom. The van der Waals surface area contributed by atoms with Crippen molar-refractivity contribution >= 4 is 28.9 Å². The van der Waals surface area contributed by atoms with Crippen LogP contribution in [-0.2, 0) is 6.61 Å². The highest BCUT2D eigenvalue weighted by atomic mass is 35.5.